The molecule has 1 N–H and O–H groups in total. The van der Waals surface area contributed by atoms with Gasteiger partial charge >= 0.3 is 0 Å². The Labute approximate surface area is 105 Å². The van der Waals surface area contributed by atoms with Crippen LogP contribution in [0.4, 0.5) is 0 Å². The van der Waals surface area contributed by atoms with Crippen LogP contribution in [0.25, 0.3) is 0 Å². The van der Waals surface area contributed by atoms with Crippen LogP contribution in [0.5, 0.6) is 0 Å². The summed E-state index contributed by atoms with van der Waals surface area (Å²) in [4.78, 5) is 0. The van der Waals surface area contributed by atoms with Gasteiger partial charge in [-0.2, -0.15) is 0 Å². The fourth-order valence-corrected chi connectivity index (χ4v) is 2.03. The first-order valence-corrected chi connectivity index (χ1v) is 6.67. The predicted octanol–water partition coefficient (Wildman–Crippen LogP) is 3.85. The fourth-order valence-electron chi connectivity index (χ4n) is 1.26. The molecule has 0 fully saturated rings. The van der Waals surface area contributed by atoms with Gasteiger partial charge in [-0.25, -0.2) is 0 Å². The summed E-state index contributed by atoms with van der Waals surface area (Å²) in [6.07, 6.45) is 0. The van der Waals surface area contributed by atoms with E-state index in [2.05, 4.69) is 41.2 Å². The van der Waals surface area contributed by atoms with Crippen LogP contribution in [0, 0.1) is 5.92 Å². The number of hydrogen-bond donors (Lipinski definition) is 1. The first-order valence-electron chi connectivity index (χ1n) is 5.17. The zero-order chi connectivity index (χ0) is 11.3. The Kier molecular flexibility index (Phi) is 5.65. The summed E-state index contributed by atoms with van der Waals surface area (Å²) >= 11 is 9.41. The number of hydrogen-bond acceptors (Lipinski definition) is 1. The molecule has 3 heteroatoms. The lowest BCUT2D eigenvalue weighted by Gasteiger charge is -2.19. The molecule has 84 valence electrons. The summed E-state index contributed by atoms with van der Waals surface area (Å²) in [6, 6.07) is 8.47. The van der Waals surface area contributed by atoms with E-state index in [1.54, 1.807) is 0 Å². The van der Waals surface area contributed by atoms with E-state index in [-0.39, 0.29) is 0 Å². The molecule has 0 radical (unpaired) electrons. The Bertz CT molecular complexity index is 303. The molecule has 0 heterocycles. The minimum Gasteiger partial charge on any atom is -0.310 e. The van der Waals surface area contributed by atoms with Gasteiger partial charge in [0.05, 0.1) is 0 Å². The third-order valence-electron chi connectivity index (χ3n) is 2.61. The molecule has 0 saturated heterocycles. The predicted molar refractivity (Wildman–Crippen MR) is 70.7 cm³/mol. The van der Waals surface area contributed by atoms with Gasteiger partial charge in [0.25, 0.3) is 0 Å². The standard InChI is InChI=1S/C12H17BrClN/c1-9(7-13)10(2)15-8-11-4-3-5-12(14)6-11/h3-6,9-10,15H,7-8H2,1-2H3. The van der Waals surface area contributed by atoms with Gasteiger partial charge in [0.15, 0.2) is 0 Å². The monoisotopic (exact) mass is 289 g/mol. The van der Waals surface area contributed by atoms with Gasteiger partial charge < -0.3 is 5.32 Å². The summed E-state index contributed by atoms with van der Waals surface area (Å²) in [7, 11) is 0. The van der Waals surface area contributed by atoms with E-state index in [0.29, 0.717) is 12.0 Å². The number of benzene rings is 1. The highest BCUT2D eigenvalue weighted by Crippen LogP contribution is 2.11. The average molecular weight is 291 g/mol. The quantitative estimate of drug-likeness (QED) is 0.812. The molecule has 0 amide bonds. The normalized spacial score (nSPS) is 14.9. The second-order valence-corrected chi connectivity index (χ2v) is 5.01. The largest absolute Gasteiger partial charge is 0.310 e. The highest BCUT2D eigenvalue weighted by Gasteiger charge is 2.09. The molecule has 0 aliphatic rings. The van der Waals surface area contributed by atoms with Crippen molar-refractivity contribution in [2.75, 3.05) is 5.33 Å². The van der Waals surface area contributed by atoms with E-state index < -0.39 is 0 Å². The highest BCUT2D eigenvalue weighted by molar-refractivity contribution is 9.09. The van der Waals surface area contributed by atoms with Crippen LogP contribution in [0.15, 0.2) is 24.3 Å². The maximum atomic E-state index is 5.91. The Balaban J connectivity index is 2.43. The van der Waals surface area contributed by atoms with Crippen molar-refractivity contribution in [3.05, 3.63) is 34.9 Å². The van der Waals surface area contributed by atoms with Crippen molar-refractivity contribution >= 4 is 27.5 Å². The second kappa shape index (κ2) is 6.51. The van der Waals surface area contributed by atoms with Crippen molar-refractivity contribution in [2.45, 2.75) is 26.4 Å². The zero-order valence-electron chi connectivity index (χ0n) is 9.13. The van der Waals surface area contributed by atoms with E-state index in [9.17, 15) is 0 Å². The molecule has 1 aromatic carbocycles. The smallest absolute Gasteiger partial charge is 0.0409 e. The topological polar surface area (TPSA) is 12.0 Å². The van der Waals surface area contributed by atoms with Crippen LogP contribution in [-0.2, 0) is 6.54 Å². The Hall–Kier alpha value is -0.0500. The average Bonchev–Trinajstić information content (AvgIpc) is 2.25. The third kappa shape index (κ3) is 4.54. The van der Waals surface area contributed by atoms with E-state index in [1.807, 2.05) is 18.2 Å². The van der Waals surface area contributed by atoms with E-state index >= 15 is 0 Å². The lowest BCUT2D eigenvalue weighted by atomic mass is 10.1. The van der Waals surface area contributed by atoms with Gasteiger partial charge in [-0.3, -0.25) is 0 Å². The molecule has 2 unspecified atom stereocenters. The van der Waals surface area contributed by atoms with E-state index in [0.717, 1.165) is 16.9 Å². The molecule has 0 bridgehead atoms. The number of halogens is 2. The lowest BCUT2D eigenvalue weighted by Crippen LogP contribution is -2.32. The SMILES string of the molecule is CC(CBr)C(C)NCc1cccc(Cl)c1. The van der Waals surface area contributed by atoms with Gasteiger partial charge in [0, 0.05) is 22.9 Å². The fraction of sp³-hybridized carbons (Fsp3) is 0.500. The molecule has 0 aliphatic heterocycles. The minimum absolute atomic E-state index is 0.503. The van der Waals surface area contributed by atoms with Gasteiger partial charge in [-0.15, -0.1) is 0 Å². The van der Waals surface area contributed by atoms with Gasteiger partial charge in [-0.05, 0) is 30.5 Å². The molecule has 0 spiro atoms. The van der Waals surface area contributed by atoms with E-state index in [4.69, 9.17) is 11.6 Å². The third-order valence-corrected chi connectivity index (χ3v) is 3.87. The van der Waals surface area contributed by atoms with Gasteiger partial charge in [0.1, 0.15) is 0 Å². The van der Waals surface area contributed by atoms with Gasteiger partial charge in [0.2, 0.25) is 0 Å². The maximum absolute atomic E-state index is 5.91. The second-order valence-electron chi connectivity index (χ2n) is 3.93. The zero-order valence-corrected chi connectivity index (χ0v) is 11.5. The first-order chi connectivity index (χ1) is 7.13. The molecule has 1 aromatic rings. The van der Waals surface area contributed by atoms with Crippen LogP contribution in [0.3, 0.4) is 0 Å². The molecule has 0 aromatic heterocycles. The molecule has 1 rings (SSSR count). The maximum Gasteiger partial charge on any atom is 0.0409 e. The van der Waals surface area contributed by atoms with Crippen LogP contribution in [0.2, 0.25) is 5.02 Å². The molecule has 0 aliphatic carbocycles. The summed E-state index contributed by atoms with van der Waals surface area (Å²) in [6.45, 7) is 5.31. The Morgan fingerprint density at radius 2 is 2.13 bits per heavy atom. The lowest BCUT2D eigenvalue weighted by molar-refractivity contribution is 0.433. The molecule has 1 nitrogen and oxygen atoms in total. The summed E-state index contributed by atoms with van der Waals surface area (Å²) in [5, 5.41) is 5.31. The van der Waals surface area contributed by atoms with Crippen molar-refractivity contribution in [3.8, 4) is 0 Å². The Morgan fingerprint density at radius 3 is 2.73 bits per heavy atom. The van der Waals surface area contributed by atoms with E-state index in [1.165, 1.54) is 5.56 Å². The number of alkyl halides is 1. The molecule has 15 heavy (non-hydrogen) atoms. The molecular formula is C12H17BrClN. The van der Waals surface area contributed by atoms with Crippen molar-refractivity contribution in [1.82, 2.24) is 5.32 Å². The molecular weight excluding hydrogens is 273 g/mol. The Morgan fingerprint density at radius 1 is 1.40 bits per heavy atom. The van der Waals surface area contributed by atoms with Crippen LogP contribution < -0.4 is 5.32 Å². The van der Waals surface area contributed by atoms with Crippen molar-refractivity contribution in [3.63, 3.8) is 0 Å². The van der Waals surface area contributed by atoms with Crippen molar-refractivity contribution in [2.24, 2.45) is 5.92 Å². The summed E-state index contributed by atoms with van der Waals surface area (Å²) in [5.74, 6) is 0.629. The van der Waals surface area contributed by atoms with Crippen LogP contribution in [0.1, 0.15) is 19.4 Å². The first kappa shape index (κ1) is 13.0. The van der Waals surface area contributed by atoms with Crippen molar-refractivity contribution in [1.29, 1.82) is 0 Å². The molecule has 2 atom stereocenters. The minimum atomic E-state index is 0.503. The summed E-state index contributed by atoms with van der Waals surface area (Å²) < 4.78 is 0. The summed E-state index contributed by atoms with van der Waals surface area (Å²) in [5.41, 5.74) is 1.23. The van der Waals surface area contributed by atoms with Crippen molar-refractivity contribution < 1.29 is 0 Å². The molecule has 0 saturated carbocycles. The highest BCUT2D eigenvalue weighted by atomic mass is 79.9. The number of nitrogens with one attached hydrogen (secondary N) is 1. The van der Waals surface area contributed by atoms with Crippen LogP contribution >= 0.6 is 27.5 Å². The number of rotatable bonds is 5. The van der Waals surface area contributed by atoms with Crippen LogP contribution in [-0.4, -0.2) is 11.4 Å². The van der Waals surface area contributed by atoms with Gasteiger partial charge in [-0.1, -0.05) is 46.6 Å².